The van der Waals surface area contributed by atoms with Crippen molar-refractivity contribution in [1.29, 1.82) is 0 Å². The molecule has 0 radical (unpaired) electrons. The normalized spacial score (nSPS) is 12.9. The fourth-order valence-corrected chi connectivity index (χ4v) is 2.84. The first-order valence-electron chi connectivity index (χ1n) is 8.27. The van der Waals surface area contributed by atoms with Gasteiger partial charge in [0, 0.05) is 4.47 Å². The molecule has 0 heterocycles. The fraction of sp³-hybridized carbons (Fsp3) is 0.300. The summed E-state index contributed by atoms with van der Waals surface area (Å²) >= 11 is 3.38. The molecule has 0 saturated heterocycles. The van der Waals surface area contributed by atoms with Gasteiger partial charge in [-0.2, -0.15) is 0 Å². The molecular weight excluding hydrogens is 382 g/mol. The molecule has 4 nitrogen and oxygen atoms in total. The topological polar surface area (TPSA) is 55.4 Å². The van der Waals surface area contributed by atoms with Crippen molar-refractivity contribution in [2.75, 3.05) is 6.61 Å². The van der Waals surface area contributed by atoms with Crippen molar-refractivity contribution in [1.82, 2.24) is 5.32 Å². The van der Waals surface area contributed by atoms with Crippen LogP contribution in [0.3, 0.4) is 0 Å². The third-order valence-electron chi connectivity index (χ3n) is 3.99. The maximum absolute atomic E-state index is 12.3. The van der Waals surface area contributed by atoms with E-state index in [0.29, 0.717) is 6.42 Å². The van der Waals surface area contributed by atoms with Gasteiger partial charge in [0.1, 0.15) is 0 Å². The van der Waals surface area contributed by atoms with Gasteiger partial charge in [-0.05, 0) is 36.6 Å². The van der Waals surface area contributed by atoms with E-state index in [1.807, 2.05) is 68.4 Å². The summed E-state index contributed by atoms with van der Waals surface area (Å²) in [5, 5.41) is 2.84. The number of benzene rings is 2. The van der Waals surface area contributed by atoms with Crippen molar-refractivity contribution in [2.24, 2.45) is 0 Å². The summed E-state index contributed by atoms with van der Waals surface area (Å²) in [4.78, 5) is 24.3. The average molecular weight is 404 g/mol. The SMILES string of the molecule is CC[C@@H](C(=O)OCC(=O)N[C@@H](C)c1ccc(Br)cc1)c1ccccc1. The number of esters is 1. The molecule has 0 saturated carbocycles. The molecule has 0 aliphatic rings. The molecule has 1 N–H and O–H groups in total. The van der Waals surface area contributed by atoms with Crippen LogP contribution in [0.15, 0.2) is 59.1 Å². The third-order valence-corrected chi connectivity index (χ3v) is 4.52. The highest BCUT2D eigenvalue weighted by atomic mass is 79.9. The number of ether oxygens (including phenoxy) is 1. The highest BCUT2D eigenvalue weighted by Gasteiger charge is 2.21. The molecule has 2 atom stereocenters. The Hall–Kier alpha value is -2.14. The second kappa shape index (κ2) is 9.37. The second-order valence-corrected chi connectivity index (χ2v) is 6.74. The van der Waals surface area contributed by atoms with Crippen LogP contribution in [0, 0.1) is 0 Å². The lowest BCUT2D eigenvalue weighted by Gasteiger charge is -2.17. The van der Waals surface area contributed by atoms with Gasteiger partial charge in [0.25, 0.3) is 5.91 Å². The molecule has 0 aliphatic heterocycles. The monoisotopic (exact) mass is 403 g/mol. The minimum absolute atomic E-state index is 0.157. The van der Waals surface area contributed by atoms with Crippen LogP contribution in [0.25, 0.3) is 0 Å². The van der Waals surface area contributed by atoms with E-state index in [9.17, 15) is 9.59 Å². The first-order valence-corrected chi connectivity index (χ1v) is 9.07. The van der Waals surface area contributed by atoms with Crippen LogP contribution in [-0.4, -0.2) is 18.5 Å². The highest BCUT2D eigenvalue weighted by Crippen LogP contribution is 2.21. The molecule has 2 rings (SSSR count). The van der Waals surface area contributed by atoms with Gasteiger partial charge in [-0.3, -0.25) is 9.59 Å². The van der Waals surface area contributed by atoms with E-state index in [0.717, 1.165) is 15.6 Å². The standard InChI is InChI=1S/C20H22BrNO3/c1-3-18(16-7-5-4-6-8-16)20(24)25-13-19(23)22-14(2)15-9-11-17(21)12-10-15/h4-12,14,18H,3,13H2,1-2H3,(H,22,23)/t14-,18+/m0/s1. The minimum atomic E-state index is -0.375. The summed E-state index contributed by atoms with van der Waals surface area (Å²) in [5.41, 5.74) is 1.89. The zero-order chi connectivity index (χ0) is 18.2. The quantitative estimate of drug-likeness (QED) is 0.698. The Morgan fingerprint density at radius 3 is 2.28 bits per heavy atom. The van der Waals surface area contributed by atoms with Gasteiger partial charge in [0.05, 0.1) is 12.0 Å². The molecule has 0 aliphatic carbocycles. The zero-order valence-corrected chi connectivity index (χ0v) is 16.0. The highest BCUT2D eigenvalue weighted by molar-refractivity contribution is 9.10. The van der Waals surface area contributed by atoms with Crippen molar-refractivity contribution in [2.45, 2.75) is 32.2 Å². The first kappa shape index (κ1) is 19.2. The van der Waals surface area contributed by atoms with E-state index >= 15 is 0 Å². The molecular formula is C20H22BrNO3. The van der Waals surface area contributed by atoms with Crippen LogP contribution in [0.5, 0.6) is 0 Å². The van der Waals surface area contributed by atoms with E-state index in [2.05, 4.69) is 21.2 Å². The maximum atomic E-state index is 12.3. The Balaban J connectivity index is 1.86. The molecule has 0 spiro atoms. The summed E-state index contributed by atoms with van der Waals surface area (Å²) in [6, 6.07) is 17.0. The van der Waals surface area contributed by atoms with E-state index < -0.39 is 0 Å². The van der Waals surface area contributed by atoms with Crippen LogP contribution in [0.4, 0.5) is 0 Å². The van der Waals surface area contributed by atoms with Gasteiger partial charge >= 0.3 is 5.97 Å². The summed E-state index contributed by atoms with van der Waals surface area (Å²) in [7, 11) is 0. The van der Waals surface area contributed by atoms with E-state index in [-0.39, 0.29) is 30.4 Å². The number of carbonyl (C=O) groups excluding carboxylic acids is 2. The van der Waals surface area contributed by atoms with Gasteiger partial charge in [-0.25, -0.2) is 0 Å². The second-order valence-electron chi connectivity index (χ2n) is 5.82. The molecule has 0 unspecified atom stereocenters. The molecule has 25 heavy (non-hydrogen) atoms. The van der Waals surface area contributed by atoms with E-state index in [1.165, 1.54) is 0 Å². The molecule has 5 heteroatoms. The molecule has 0 fully saturated rings. The molecule has 0 aromatic heterocycles. The van der Waals surface area contributed by atoms with Crippen molar-refractivity contribution < 1.29 is 14.3 Å². The van der Waals surface area contributed by atoms with Crippen LogP contribution in [0.1, 0.15) is 43.4 Å². The van der Waals surface area contributed by atoms with Crippen molar-refractivity contribution in [3.05, 3.63) is 70.2 Å². The summed E-state index contributed by atoms with van der Waals surface area (Å²) in [6.07, 6.45) is 0.625. The number of carbonyl (C=O) groups is 2. The predicted molar refractivity (Wildman–Crippen MR) is 101 cm³/mol. The van der Waals surface area contributed by atoms with Gasteiger partial charge in [-0.15, -0.1) is 0 Å². The predicted octanol–water partition coefficient (Wildman–Crippen LogP) is 4.36. The van der Waals surface area contributed by atoms with Gasteiger partial charge in [0.15, 0.2) is 6.61 Å². The number of halogens is 1. The average Bonchev–Trinajstić information content (AvgIpc) is 2.62. The molecule has 2 aromatic rings. The number of rotatable bonds is 7. The summed E-state index contributed by atoms with van der Waals surface area (Å²) < 4.78 is 6.19. The smallest absolute Gasteiger partial charge is 0.313 e. The zero-order valence-electron chi connectivity index (χ0n) is 14.4. The fourth-order valence-electron chi connectivity index (χ4n) is 2.58. The van der Waals surface area contributed by atoms with Crippen LogP contribution >= 0.6 is 15.9 Å². The van der Waals surface area contributed by atoms with Crippen LogP contribution < -0.4 is 5.32 Å². The van der Waals surface area contributed by atoms with Crippen molar-refractivity contribution in [3.63, 3.8) is 0 Å². The Labute approximate surface area is 156 Å². The lowest BCUT2D eigenvalue weighted by Crippen LogP contribution is -2.32. The third kappa shape index (κ3) is 5.71. The number of nitrogens with one attached hydrogen (secondary N) is 1. The van der Waals surface area contributed by atoms with Gasteiger partial charge < -0.3 is 10.1 Å². The van der Waals surface area contributed by atoms with E-state index in [4.69, 9.17) is 4.74 Å². The summed E-state index contributed by atoms with van der Waals surface area (Å²) in [5.74, 6) is -1.04. The van der Waals surface area contributed by atoms with Crippen LogP contribution in [-0.2, 0) is 14.3 Å². The van der Waals surface area contributed by atoms with Crippen LogP contribution in [0.2, 0.25) is 0 Å². The lowest BCUT2D eigenvalue weighted by molar-refractivity contribution is -0.150. The Morgan fingerprint density at radius 1 is 1.04 bits per heavy atom. The summed E-state index contributed by atoms with van der Waals surface area (Å²) in [6.45, 7) is 3.54. The Kier molecular flexibility index (Phi) is 7.19. The Morgan fingerprint density at radius 2 is 1.68 bits per heavy atom. The molecule has 1 amide bonds. The first-order chi connectivity index (χ1) is 12.0. The lowest BCUT2D eigenvalue weighted by atomic mass is 9.97. The molecule has 2 aromatic carbocycles. The van der Waals surface area contributed by atoms with Crippen molar-refractivity contribution >= 4 is 27.8 Å². The van der Waals surface area contributed by atoms with Gasteiger partial charge in [0.2, 0.25) is 0 Å². The number of hydrogen-bond acceptors (Lipinski definition) is 3. The Bertz CT molecular complexity index is 701. The number of hydrogen-bond donors (Lipinski definition) is 1. The van der Waals surface area contributed by atoms with Gasteiger partial charge in [-0.1, -0.05) is 65.3 Å². The number of amides is 1. The van der Waals surface area contributed by atoms with E-state index in [1.54, 1.807) is 0 Å². The largest absolute Gasteiger partial charge is 0.455 e. The van der Waals surface area contributed by atoms with Crippen molar-refractivity contribution in [3.8, 4) is 0 Å². The minimum Gasteiger partial charge on any atom is -0.455 e. The maximum Gasteiger partial charge on any atom is 0.313 e. The molecule has 132 valence electrons. The molecule has 0 bridgehead atoms.